The van der Waals surface area contributed by atoms with Crippen molar-refractivity contribution in [1.82, 2.24) is 15.2 Å². The van der Waals surface area contributed by atoms with E-state index in [2.05, 4.69) is 10.3 Å². The second-order valence-corrected chi connectivity index (χ2v) is 5.68. The maximum atomic E-state index is 12.9. The molecule has 0 unspecified atom stereocenters. The molecule has 5 heteroatoms. The fourth-order valence-corrected chi connectivity index (χ4v) is 2.83. The van der Waals surface area contributed by atoms with Crippen LogP contribution >= 0.6 is 0 Å². The van der Waals surface area contributed by atoms with Gasteiger partial charge in [-0.25, -0.2) is 0 Å². The van der Waals surface area contributed by atoms with Crippen LogP contribution in [0.1, 0.15) is 27.7 Å². The molecule has 1 N–H and O–H groups in total. The Kier molecular flexibility index (Phi) is 4.57. The van der Waals surface area contributed by atoms with Crippen molar-refractivity contribution in [3.05, 3.63) is 59.4 Å². The highest BCUT2D eigenvalue weighted by Crippen LogP contribution is 2.25. The van der Waals surface area contributed by atoms with Crippen molar-refractivity contribution in [3.63, 3.8) is 0 Å². The number of methoxy groups -OCH3 is 1. The van der Waals surface area contributed by atoms with Gasteiger partial charge in [-0.15, -0.1) is 0 Å². The number of amides is 1. The Hall–Kier alpha value is -2.40. The van der Waals surface area contributed by atoms with E-state index in [-0.39, 0.29) is 11.9 Å². The van der Waals surface area contributed by atoms with Crippen LogP contribution in [0, 0.1) is 6.92 Å². The van der Waals surface area contributed by atoms with Gasteiger partial charge < -0.3 is 15.0 Å². The number of carbonyl (C=O) groups excluding carboxylic acids is 1. The van der Waals surface area contributed by atoms with Gasteiger partial charge in [-0.1, -0.05) is 12.1 Å². The number of ether oxygens (including phenoxy) is 1. The topological polar surface area (TPSA) is 54.5 Å². The summed E-state index contributed by atoms with van der Waals surface area (Å²) in [5, 5.41) is 3.37. The van der Waals surface area contributed by atoms with E-state index in [1.54, 1.807) is 13.3 Å². The third-order valence-corrected chi connectivity index (χ3v) is 4.16. The number of piperazine rings is 1. The SMILES string of the molecule is COc1ccc([C@H]2CNCCN2C(=O)c2ccc(C)nc2)cc1. The highest BCUT2D eigenvalue weighted by Gasteiger charge is 2.28. The molecule has 0 radical (unpaired) electrons. The molecule has 1 amide bonds. The molecule has 1 aliphatic heterocycles. The summed E-state index contributed by atoms with van der Waals surface area (Å²) in [7, 11) is 1.65. The van der Waals surface area contributed by atoms with Crippen LogP contribution in [-0.2, 0) is 0 Å². The summed E-state index contributed by atoms with van der Waals surface area (Å²) >= 11 is 0. The van der Waals surface area contributed by atoms with Gasteiger partial charge in [0, 0.05) is 31.5 Å². The Morgan fingerprint density at radius 3 is 2.70 bits per heavy atom. The molecular formula is C18H21N3O2. The van der Waals surface area contributed by atoms with Gasteiger partial charge in [0.05, 0.1) is 18.7 Å². The Labute approximate surface area is 136 Å². The van der Waals surface area contributed by atoms with E-state index < -0.39 is 0 Å². The van der Waals surface area contributed by atoms with Crippen LogP contribution in [0.4, 0.5) is 0 Å². The molecule has 2 aromatic rings. The number of pyridine rings is 1. The Morgan fingerprint density at radius 2 is 2.04 bits per heavy atom. The largest absolute Gasteiger partial charge is 0.497 e. The third-order valence-electron chi connectivity index (χ3n) is 4.16. The van der Waals surface area contributed by atoms with E-state index in [4.69, 9.17) is 4.74 Å². The molecule has 1 fully saturated rings. The molecule has 1 aromatic carbocycles. The molecule has 0 saturated carbocycles. The van der Waals surface area contributed by atoms with Crippen LogP contribution in [0.25, 0.3) is 0 Å². The zero-order chi connectivity index (χ0) is 16.2. The normalized spacial score (nSPS) is 17.8. The molecule has 1 aromatic heterocycles. The van der Waals surface area contributed by atoms with Gasteiger partial charge in [-0.3, -0.25) is 9.78 Å². The maximum absolute atomic E-state index is 12.9. The number of hydrogen-bond acceptors (Lipinski definition) is 4. The van der Waals surface area contributed by atoms with Crippen LogP contribution in [0.15, 0.2) is 42.6 Å². The minimum Gasteiger partial charge on any atom is -0.497 e. The number of aromatic nitrogens is 1. The standard InChI is InChI=1S/C18H21N3O2/c1-13-3-4-15(11-20-13)18(22)21-10-9-19-12-17(21)14-5-7-16(23-2)8-6-14/h3-8,11,17,19H,9-10,12H2,1-2H3/t17-/m1/s1. The zero-order valence-electron chi connectivity index (χ0n) is 13.5. The number of aryl methyl sites for hydroxylation is 1. The smallest absolute Gasteiger partial charge is 0.256 e. The molecule has 5 nitrogen and oxygen atoms in total. The van der Waals surface area contributed by atoms with Gasteiger partial charge in [0.15, 0.2) is 0 Å². The summed E-state index contributed by atoms with van der Waals surface area (Å²) in [6, 6.07) is 11.6. The van der Waals surface area contributed by atoms with E-state index in [1.165, 1.54) is 0 Å². The molecule has 0 bridgehead atoms. The van der Waals surface area contributed by atoms with Crippen molar-refractivity contribution in [2.45, 2.75) is 13.0 Å². The lowest BCUT2D eigenvalue weighted by atomic mass is 10.0. The van der Waals surface area contributed by atoms with Gasteiger partial charge in [0.1, 0.15) is 5.75 Å². The summed E-state index contributed by atoms with van der Waals surface area (Å²) in [5.74, 6) is 0.845. The third kappa shape index (κ3) is 3.35. The molecule has 3 rings (SSSR count). The predicted molar refractivity (Wildman–Crippen MR) is 88.6 cm³/mol. The van der Waals surface area contributed by atoms with E-state index >= 15 is 0 Å². The Morgan fingerprint density at radius 1 is 1.26 bits per heavy atom. The van der Waals surface area contributed by atoms with Crippen molar-refractivity contribution in [3.8, 4) is 5.75 Å². The summed E-state index contributed by atoms with van der Waals surface area (Å²) in [4.78, 5) is 19.0. The molecule has 120 valence electrons. The van der Waals surface area contributed by atoms with Gasteiger partial charge in [0.2, 0.25) is 0 Å². The van der Waals surface area contributed by atoms with Gasteiger partial charge in [-0.2, -0.15) is 0 Å². The lowest BCUT2D eigenvalue weighted by molar-refractivity contribution is 0.0634. The molecular weight excluding hydrogens is 290 g/mol. The van der Waals surface area contributed by atoms with Crippen molar-refractivity contribution in [1.29, 1.82) is 0 Å². The molecule has 1 aliphatic rings. The van der Waals surface area contributed by atoms with Crippen molar-refractivity contribution < 1.29 is 9.53 Å². The fourth-order valence-electron chi connectivity index (χ4n) is 2.83. The van der Waals surface area contributed by atoms with Crippen molar-refractivity contribution in [2.75, 3.05) is 26.7 Å². The number of nitrogens with zero attached hydrogens (tertiary/aromatic N) is 2. The van der Waals surface area contributed by atoms with Crippen LogP contribution in [0.2, 0.25) is 0 Å². The number of nitrogens with one attached hydrogen (secondary N) is 1. The number of rotatable bonds is 3. The summed E-state index contributed by atoms with van der Waals surface area (Å²) < 4.78 is 5.21. The first-order valence-corrected chi connectivity index (χ1v) is 7.77. The zero-order valence-corrected chi connectivity index (χ0v) is 13.5. The Bertz CT molecular complexity index is 668. The summed E-state index contributed by atoms with van der Waals surface area (Å²) in [5.41, 5.74) is 2.65. The van der Waals surface area contributed by atoms with E-state index in [1.807, 2.05) is 48.2 Å². The van der Waals surface area contributed by atoms with E-state index in [0.717, 1.165) is 30.1 Å². The maximum Gasteiger partial charge on any atom is 0.256 e. The molecule has 0 aliphatic carbocycles. The van der Waals surface area contributed by atoms with Gasteiger partial charge in [-0.05, 0) is 36.8 Å². The second kappa shape index (κ2) is 6.79. The minimum atomic E-state index is 0.0171. The molecule has 1 atom stereocenters. The molecule has 23 heavy (non-hydrogen) atoms. The van der Waals surface area contributed by atoms with Crippen LogP contribution in [0.5, 0.6) is 5.75 Å². The van der Waals surface area contributed by atoms with Gasteiger partial charge in [0.25, 0.3) is 5.91 Å². The van der Waals surface area contributed by atoms with Crippen LogP contribution in [-0.4, -0.2) is 42.5 Å². The quantitative estimate of drug-likeness (QED) is 0.944. The first kappa shape index (κ1) is 15.5. The number of benzene rings is 1. The van der Waals surface area contributed by atoms with E-state index in [0.29, 0.717) is 12.1 Å². The van der Waals surface area contributed by atoms with E-state index in [9.17, 15) is 4.79 Å². The highest BCUT2D eigenvalue weighted by atomic mass is 16.5. The first-order valence-electron chi connectivity index (χ1n) is 7.77. The molecule has 2 heterocycles. The number of hydrogen-bond donors (Lipinski definition) is 1. The van der Waals surface area contributed by atoms with Crippen LogP contribution in [0.3, 0.4) is 0 Å². The highest BCUT2D eigenvalue weighted by molar-refractivity contribution is 5.94. The summed E-state index contributed by atoms with van der Waals surface area (Å²) in [6.07, 6.45) is 1.66. The predicted octanol–water partition coefficient (Wildman–Crippen LogP) is 2.19. The fraction of sp³-hybridized carbons (Fsp3) is 0.333. The number of carbonyl (C=O) groups is 1. The molecule has 0 spiro atoms. The van der Waals surface area contributed by atoms with Crippen molar-refractivity contribution >= 4 is 5.91 Å². The van der Waals surface area contributed by atoms with Gasteiger partial charge >= 0.3 is 0 Å². The Balaban J connectivity index is 1.85. The van der Waals surface area contributed by atoms with Crippen molar-refractivity contribution in [2.24, 2.45) is 0 Å². The first-order chi connectivity index (χ1) is 11.2. The summed E-state index contributed by atoms with van der Waals surface area (Å²) in [6.45, 7) is 4.15. The average molecular weight is 311 g/mol. The molecule has 1 saturated heterocycles. The minimum absolute atomic E-state index is 0.0171. The second-order valence-electron chi connectivity index (χ2n) is 5.68. The monoisotopic (exact) mass is 311 g/mol. The average Bonchev–Trinajstić information content (AvgIpc) is 2.62. The lowest BCUT2D eigenvalue weighted by Crippen LogP contribution is -2.48. The lowest BCUT2D eigenvalue weighted by Gasteiger charge is -2.36. The van der Waals surface area contributed by atoms with Crippen LogP contribution < -0.4 is 10.1 Å².